The smallest absolute Gasteiger partial charge is 0.258 e. The lowest BCUT2D eigenvalue weighted by Crippen LogP contribution is -2.36. The molecular formula is C16H23ClN4O. The maximum Gasteiger partial charge on any atom is 0.258 e. The minimum absolute atomic E-state index is 0. The number of fused-ring (bicyclic) bond motifs is 1. The average Bonchev–Trinajstić information content (AvgIpc) is 2.49. The fraction of sp³-hybridized carbons (Fsp3) is 0.500. The van der Waals surface area contributed by atoms with E-state index in [1.165, 1.54) is 0 Å². The van der Waals surface area contributed by atoms with Gasteiger partial charge in [-0.1, -0.05) is 6.07 Å². The van der Waals surface area contributed by atoms with Crippen molar-refractivity contribution in [3.05, 3.63) is 46.0 Å². The SMILES string of the molecule is Cc1cccn2c(=O)cc(CN3CCC(CN)CC3)nc12.Cl. The van der Waals surface area contributed by atoms with Crippen molar-refractivity contribution in [3.63, 3.8) is 0 Å². The molecule has 3 heterocycles. The first-order chi connectivity index (χ1) is 10.2. The van der Waals surface area contributed by atoms with E-state index in [4.69, 9.17) is 5.73 Å². The van der Waals surface area contributed by atoms with E-state index in [0.29, 0.717) is 5.92 Å². The van der Waals surface area contributed by atoms with Crippen LogP contribution in [0.15, 0.2) is 29.2 Å². The Labute approximate surface area is 136 Å². The van der Waals surface area contributed by atoms with Crippen molar-refractivity contribution in [2.75, 3.05) is 19.6 Å². The quantitative estimate of drug-likeness (QED) is 0.932. The molecule has 3 rings (SSSR count). The zero-order valence-corrected chi connectivity index (χ0v) is 13.7. The molecule has 5 nitrogen and oxygen atoms in total. The Morgan fingerprint density at radius 1 is 1.36 bits per heavy atom. The molecule has 0 aromatic carbocycles. The van der Waals surface area contributed by atoms with Gasteiger partial charge in [0.1, 0.15) is 5.65 Å². The second-order valence-corrected chi connectivity index (χ2v) is 5.93. The number of aromatic nitrogens is 2. The first-order valence-electron chi connectivity index (χ1n) is 7.57. The first-order valence-corrected chi connectivity index (χ1v) is 7.57. The summed E-state index contributed by atoms with van der Waals surface area (Å²) in [4.78, 5) is 19.2. The molecule has 0 bridgehead atoms. The Morgan fingerprint density at radius 2 is 2.09 bits per heavy atom. The van der Waals surface area contributed by atoms with E-state index < -0.39 is 0 Å². The summed E-state index contributed by atoms with van der Waals surface area (Å²) >= 11 is 0. The molecule has 120 valence electrons. The van der Waals surface area contributed by atoms with E-state index in [9.17, 15) is 4.79 Å². The topological polar surface area (TPSA) is 63.6 Å². The number of hydrogen-bond acceptors (Lipinski definition) is 4. The summed E-state index contributed by atoms with van der Waals surface area (Å²) in [5.74, 6) is 0.652. The van der Waals surface area contributed by atoms with E-state index in [1.807, 2.05) is 19.1 Å². The summed E-state index contributed by atoms with van der Waals surface area (Å²) < 4.78 is 1.61. The number of nitrogens with zero attached hydrogens (tertiary/aromatic N) is 3. The maximum absolute atomic E-state index is 12.2. The molecule has 0 saturated carbocycles. The first kappa shape index (κ1) is 16.9. The van der Waals surface area contributed by atoms with Crippen LogP contribution in [0.5, 0.6) is 0 Å². The number of likely N-dealkylation sites (tertiary alicyclic amines) is 1. The predicted molar refractivity (Wildman–Crippen MR) is 90.5 cm³/mol. The molecule has 0 atom stereocenters. The van der Waals surface area contributed by atoms with Gasteiger partial charge in [0.2, 0.25) is 0 Å². The van der Waals surface area contributed by atoms with Crippen molar-refractivity contribution in [1.29, 1.82) is 0 Å². The third-order valence-electron chi connectivity index (χ3n) is 4.37. The number of hydrogen-bond donors (Lipinski definition) is 1. The van der Waals surface area contributed by atoms with Crippen LogP contribution in [0.25, 0.3) is 5.65 Å². The highest BCUT2D eigenvalue weighted by molar-refractivity contribution is 5.85. The number of nitrogens with two attached hydrogens (primary N) is 1. The number of halogens is 1. The van der Waals surface area contributed by atoms with Crippen LogP contribution in [0.2, 0.25) is 0 Å². The monoisotopic (exact) mass is 322 g/mol. The van der Waals surface area contributed by atoms with E-state index in [-0.39, 0.29) is 18.0 Å². The van der Waals surface area contributed by atoms with Crippen LogP contribution in [0.4, 0.5) is 0 Å². The Kier molecular flexibility index (Phi) is 5.56. The Morgan fingerprint density at radius 3 is 2.77 bits per heavy atom. The third-order valence-corrected chi connectivity index (χ3v) is 4.37. The minimum Gasteiger partial charge on any atom is -0.330 e. The molecule has 1 aliphatic rings. The molecule has 2 N–H and O–H groups in total. The highest BCUT2D eigenvalue weighted by Crippen LogP contribution is 2.17. The number of pyridine rings is 1. The van der Waals surface area contributed by atoms with Gasteiger partial charge in [0.15, 0.2) is 0 Å². The molecule has 1 saturated heterocycles. The number of piperidine rings is 1. The second-order valence-electron chi connectivity index (χ2n) is 5.93. The lowest BCUT2D eigenvalue weighted by molar-refractivity contribution is 0.178. The molecule has 22 heavy (non-hydrogen) atoms. The van der Waals surface area contributed by atoms with Crippen molar-refractivity contribution in [1.82, 2.24) is 14.3 Å². The lowest BCUT2D eigenvalue weighted by Gasteiger charge is -2.30. The van der Waals surface area contributed by atoms with Crippen molar-refractivity contribution >= 4 is 18.1 Å². The van der Waals surface area contributed by atoms with Crippen LogP contribution in [0.3, 0.4) is 0 Å². The van der Waals surface area contributed by atoms with E-state index >= 15 is 0 Å². The Balaban J connectivity index is 0.00000176. The number of rotatable bonds is 3. The fourth-order valence-electron chi connectivity index (χ4n) is 3.00. The predicted octanol–water partition coefficient (Wildman–Crippen LogP) is 1.60. The van der Waals surface area contributed by atoms with Crippen LogP contribution in [0.1, 0.15) is 24.1 Å². The Hall–Kier alpha value is -1.43. The van der Waals surface area contributed by atoms with Gasteiger partial charge in [-0.15, -0.1) is 12.4 Å². The average molecular weight is 323 g/mol. The van der Waals surface area contributed by atoms with Gasteiger partial charge in [0, 0.05) is 18.8 Å². The van der Waals surface area contributed by atoms with Gasteiger partial charge in [0.05, 0.1) is 5.69 Å². The van der Waals surface area contributed by atoms with Crippen LogP contribution in [-0.2, 0) is 6.54 Å². The standard InChI is InChI=1S/C16H22N4O.ClH/c1-12-3-2-6-20-15(21)9-14(18-16(12)20)11-19-7-4-13(10-17)5-8-19;/h2-3,6,9,13H,4-5,7-8,10-11,17H2,1H3;1H. The molecular weight excluding hydrogens is 300 g/mol. The molecule has 0 spiro atoms. The van der Waals surface area contributed by atoms with Crippen LogP contribution in [-0.4, -0.2) is 33.9 Å². The molecule has 0 radical (unpaired) electrons. The van der Waals surface area contributed by atoms with Crippen molar-refractivity contribution in [3.8, 4) is 0 Å². The molecule has 1 fully saturated rings. The van der Waals surface area contributed by atoms with Crippen LogP contribution < -0.4 is 11.3 Å². The zero-order chi connectivity index (χ0) is 14.8. The lowest BCUT2D eigenvalue weighted by atomic mass is 9.97. The largest absolute Gasteiger partial charge is 0.330 e. The third kappa shape index (κ3) is 3.48. The summed E-state index contributed by atoms with van der Waals surface area (Å²) in [5, 5.41) is 0. The maximum atomic E-state index is 12.2. The fourth-order valence-corrected chi connectivity index (χ4v) is 3.00. The highest BCUT2D eigenvalue weighted by Gasteiger charge is 2.18. The molecule has 6 heteroatoms. The van der Waals surface area contributed by atoms with E-state index in [1.54, 1.807) is 16.7 Å². The number of aryl methyl sites for hydroxylation is 1. The van der Waals surface area contributed by atoms with Gasteiger partial charge in [-0.3, -0.25) is 14.1 Å². The van der Waals surface area contributed by atoms with E-state index in [2.05, 4.69) is 9.88 Å². The molecule has 0 unspecified atom stereocenters. The van der Waals surface area contributed by atoms with Gasteiger partial charge in [-0.2, -0.15) is 0 Å². The van der Waals surface area contributed by atoms with Gasteiger partial charge in [-0.05, 0) is 56.9 Å². The molecule has 1 aliphatic heterocycles. The van der Waals surface area contributed by atoms with Crippen LogP contribution >= 0.6 is 12.4 Å². The van der Waals surface area contributed by atoms with Crippen molar-refractivity contribution in [2.24, 2.45) is 11.7 Å². The van der Waals surface area contributed by atoms with Gasteiger partial charge >= 0.3 is 0 Å². The molecule has 0 aliphatic carbocycles. The molecule has 2 aromatic rings. The Bertz CT molecular complexity index is 692. The van der Waals surface area contributed by atoms with Crippen molar-refractivity contribution in [2.45, 2.75) is 26.3 Å². The molecule has 0 amide bonds. The minimum atomic E-state index is -0.00413. The zero-order valence-electron chi connectivity index (χ0n) is 12.9. The summed E-state index contributed by atoms with van der Waals surface area (Å²) in [6, 6.07) is 5.52. The summed E-state index contributed by atoms with van der Waals surface area (Å²) in [6.45, 7) is 5.59. The van der Waals surface area contributed by atoms with Gasteiger partial charge in [0.25, 0.3) is 5.56 Å². The van der Waals surface area contributed by atoms with Gasteiger partial charge < -0.3 is 5.73 Å². The van der Waals surface area contributed by atoms with Gasteiger partial charge in [-0.25, -0.2) is 4.98 Å². The second kappa shape index (κ2) is 7.22. The normalized spacial score (nSPS) is 16.6. The van der Waals surface area contributed by atoms with Crippen LogP contribution in [0, 0.1) is 12.8 Å². The van der Waals surface area contributed by atoms with E-state index in [0.717, 1.165) is 55.9 Å². The molecule has 2 aromatic heterocycles. The van der Waals surface area contributed by atoms with Crippen molar-refractivity contribution < 1.29 is 0 Å². The summed E-state index contributed by atoms with van der Waals surface area (Å²) in [7, 11) is 0. The summed E-state index contributed by atoms with van der Waals surface area (Å²) in [6.07, 6.45) is 4.05. The highest BCUT2D eigenvalue weighted by atomic mass is 35.5. The summed E-state index contributed by atoms with van der Waals surface area (Å²) in [5.41, 5.74) is 8.37.